The van der Waals surface area contributed by atoms with Crippen molar-refractivity contribution in [2.24, 2.45) is 5.92 Å². The van der Waals surface area contributed by atoms with E-state index < -0.39 is 0 Å². The predicted molar refractivity (Wildman–Crippen MR) is 121 cm³/mol. The highest BCUT2D eigenvalue weighted by atomic mass is 16.5. The second kappa shape index (κ2) is 7.58. The van der Waals surface area contributed by atoms with Crippen molar-refractivity contribution in [2.75, 3.05) is 7.11 Å². The monoisotopic (exact) mass is 411 g/mol. The molecule has 0 aliphatic carbocycles. The first kappa shape index (κ1) is 19.4. The lowest BCUT2D eigenvalue weighted by atomic mass is 9.81. The van der Waals surface area contributed by atoms with Crippen LogP contribution in [0, 0.1) is 11.3 Å². The van der Waals surface area contributed by atoms with E-state index in [1.807, 2.05) is 34.9 Å². The molecule has 1 aliphatic rings. The van der Waals surface area contributed by atoms with E-state index >= 15 is 0 Å². The van der Waals surface area contributed by atoms with Gasteiger partial charge < -0.3 is 14.0 Å². The summed E-state index contributed by atoms with van der Waals surface area (Å²) in [7, 11) is 1.67. The van der Waals surface area contributed by atoms with E-state index in [-0.39, 0.29) is 5.92 Å². The number of methoxy groups -OCH3 is 1. The van der Waals surface area contributed by atoms with E-state index in [1.54, 1.807) is 13.4 Å². The van der Waals surface area contributed by atoms with Gasteiger partial charge in [0, 0.05) is 18.0 Å². The molecule has 0 radical (unpaired) electrons. The molecular formula is C26H25N3O2. The standard InChI is InChI=1S/C26H25N3O2/c1-16(2)14-29-15-28-26-24(25(29)27)22(18-8-11-19(30-3)12-9-18)23-20-7-5-4-6-17(20)10-13-21(23)31-26/h4-13,15-16,22,27H,14H2,1-3H3/t22-/m1/s1. The maximum atomic E-state index is 9.04. The fourth-order valence-corrected chi connectivity index (χ4v) is 4.42. The third-order valence-electron chi connectivity index (χ3n) is 5.81. The maximum absolute atomic E-state index is 9.04. The number of rotatable bonds is 4. The minimum atomic E-state index is -0.157. The van der Waals surface area contributed by atoms with Crippen molar-refractivity contribution in [1.82, 2.24) is 9.55 Å². The van der Waals surface area contributed by atoms with Crippen LogP contribution in [0.2, 0.25) is 0 Å². The molecule has 1 atom stereocenters. The van der Waals surface area contributed by atoms with Crippen LogP contribution in [-0.4, -0.2) is 16.7 Å². The molecule has 1 aromatic heterocycles. The molecular weight excluding hydrogens is 386 g/mol. The molecule has 5 heteroatoms. The summed E-state index contributed by atoms with van der Waals surface area (Å²) < 4.78 is 13.5. The Morgan fingerprint density at radius 1 is 1.03 bits per heavy atom. The number of benzene rings is 3. The summed E-state index contributed by atoms with van der Waals surface area (Å²) in [6, 6.07) is 20.5. The average molecular weight is 412 g/mol. The normalized spacial score (nSPS) is 14.8. The van der Waals surface area contributed by atoms with E-state index in [1.165, 1.54) is 0 Å². The van der Waals surface area contributed by atoms with Crippen molar-refractivity contribution in [2.45, 2.75) is 26.3 Å². The number of aromatic nitrogens is 2. The van der Waals surface area contributed by atoms with E-state index in [9.17, 15) is 0 Å². The lowest BCUT2D eigenvalue weighted by Crippen LogP contribution is -2.31. The molecule has 4 aromatic rings. The first-order chi connectivity index (χ1) is 15.1. The van der Waals surface area contributed by atoms with Crippen LogP contribution in [0.25, 0.3) is 10.8 Å². The zero-order valence-corrected chi connectivity index (χ0v) is 17.9. The van der Waals surface area contributed by atoms with Crippen LogP contribution in [-0.2, 0) is 6.54 Å². The van der Waals surface area contributed by atoms with Crippen LogP contribution in [0.1, 0.15) is 36.5 Å². The molecule has 5 rings (SSSR count). The van der Waals surface area contributed by atoms with Crippen LogP contribution in [0.3, 0.4) is 0 Å². The fourth-order valence-electron chi connectivity index (χ4n) is 4.42. The van der Waals surface area contributed by atoms with Crippen molar-refractivity contribution >= 4 is 10.8 Å². The Balaban J connectivity index is 1.81. The maximum Gasteiger partial charge on any atom is 0.228 e. The SMILES string of the molecule is COc1ccc([C@H]2c3c(ncn(CC(C)C)c3=N)Oc3ccc4ccccc4c32)cc1. The topological polar surface area (TPSA) is 60.1 Å². The van der Waals surface area contributed by atoms with E-state index in [0.717, 1.165) is 45.5 Å². The zero-order chi connectivity index (χ0) is 21.5. The van der Waals surface area contributed by atoms with Gasteiger partial charge in [0.15, 0.2) is 0 Å². The summed E-state index contributed by atoms with van der Waals surface area (Å²) in [4.78, 5) is 4.62. The molecule has 0 saturated carbocycles. The second-order valence-corrected chi connectivity index (χ2v) is 8.36. The van der Waals surface area contributed by atoms with Crippen LogP contribution >= 0.6 is 0 Å². The first-order valence-corrected chi connectivity index (χ1v) is 10.5. The summed E-state index contributed by atoms with van der Waals surface area (Å²) in [6.45, 7) is 5.02. The first-order valence-electron chi connectivity index (χ1n) is 10.5. The van der Waals surface area contributed by atoms with Gasteiger partial charge in [-0.15, -0.1) is 0 Å². The van der Waals surface area contributed by atoms with Gasteiger partial charge in [0.1, 0.15) is 23.3 Å². The number of hydrogen-bond acceptors (Lipinski definition) is 4. The van der Waals surface area contributed by atoms with E-state index in [0.29, 0.717) is 17.3 Å². The largest absolute Gasteiger partial charge is 0.497 e. The minimum Gasteiger partial charge on any atom is -0.497 e. The van der Waals surface area contributed by atoms with Gasteiger partial charge in [-0.3, -0.25) is 5.41 Å². The van der Waals surface area contributed by atoms with Gasteiger partial charge in [0.25, 0.3) is 0 Å². The molecule has 1 N–H and O–H groups in total. The molecule has 0 amide bonds. The van der Waals surface area contributed by atoms with Crippen molar-refractivity contribution in [3.63, 3.8) is 0 Å². The predicted octanol–water partition coefficient (Wildman–Crippen LogP) is 5.47. The molecule has 0 unspecified atom stereocenters. The van der Waals surface area contributed by atoms with Gasteiger partial charge >= 0.3 is 0 Å². The molecule has 156 valence electrons. The van der Waals surface area contributed by atoms with Gasteiger partial charge in [0.2, 0.25) is 5.88 Å². The lowest BCUT2D eigenvalue weighted by molar-refractivity contribution is 0.412. The number of nitrogens with zero attached hydrogens (tertiary/aromatic N) is 2. The molecule has 2 heterocycles. The third kappa shape index (κ3) is 3.26. The highest BCUT2D eigenvalue weighted by molar-refractivity contribution is 5.90. The van der Waals surface area contributed by atoms with E-state index in [2.05, 4.69) is 49.2 Å². The van der Waals surface area contributed by atoms with Crippen molar-refractivity contribution in [1.29, 1.82) is 5.41 Å². The molecule has 3 aromatic carbocycles. The molecule has 1 aliphatic heterocycles. The Morgan fingerprint density at radius 3 is 2.55 bits per heavy atom. The summed E-state index contributed by atoms with van der Waals surface area (Å²) in [6.07, 6.45) is 1.72. The summed E-state index contributed by atoms with van der Waals surface area (Å²) in [5, 5.41) is 11.3. The number of nitrogens with one attached hydrogen (secondary N) is 1. The summed E-state index contributed by atoms with van der Waals surface area (Å²) in [5.74, 6) is 2.36. The lowest BCUT2D eigenvalue weighted by Gasteiger charge is -2.30. The summed E-state index contributed by atoms with van der Waals surface area (Å²) in [5.41, 5.74) is 3.41. The van der Waals surface area contributed by atoms with Crippen molar-refractivity contribution in [3.05, 3.63) is 89.2 Å². The molecule has 5 nitrogen and oxygen atoms in total. The Morgan fingerprint density at radius 2 is 1.81 bits per heavy atom. The molecule has 0 fully saturated rings. The van der Waals surface area contributed by atoms with Crippen molar-refractivity contribution < 1.29 is 9.47 Å². The fraction of sp³-hybridized carbons (Fsp3) is 0.231. The van der Waals surface area contributed by atoms with Crippen LogP contribution < -0.4 is 15.0 Å². The third-order valence-corrected chi connectivity index (χ3v) is 5.81. The number of hydrogen-bond donors (Lipinski definition) is 1. The van der Waals surface area contributed by atoms with Gasteiger partial charge in [-0.1, -0.05) is 56.3 Å². The molecule has 0 saturated heterocycles. The molecule has 31 heavy (non-hydrogen) atoms. The highest BCUT2D eigenvalue weighted by Gasteiger charge is 2.33. The minimum absolute atomic E-state index is 0.157. The van der Waals surface area contributed by atoms with Gasteiger partial charge in [-0.2, -0.15) is 0 Å². The van der Waals surface area contributed by atoms with Crippen LogP contribution in [0.5, 0.6) is 17.4 Å². The number of ether oxygens (including phenoxy) is 2. The summed E-state index contributed by atoms with van der Waals surface area (Å²) >= 11 is 0. The second-order valence-electron chi connectivity index (χ2n) is 8.36. The van der Waals surface area contributed by atoms with E-state index in [4.69, 9.17) is 14.9 Å². The Bertz CT molecular complexity index is 1320. The quantitative estimate of drug-likeness (QED) is 0.427. The van der Waals surface area contributed by atoms with Crippen LogP contribution in [0.15, 0.2) is 67.0 Å². The van der Waals surface area contributed by atoms with Gasteiger partial charge in [0.05, 0.1) is 12.7 Å². The Labute approximate surface area is 181 Å². The Hall–Kier alpha value is -3.60. The molecule has 0 bridgehead atoms. The number of fused-ring (bicyclic) bond motifs is 4. The van der Waals surface area contributed by atoms with Crippen molar-refractivity contribution in [3.8, 4) is 17.4 Å². The van der Waals surface area contributed by atoms with Gasteiger partial charge in [-0.05, 0) is 40.5 Å². The smallest absolute Gasteiger partial charge is 0.228 e. The highest BCUT2D eigenvalue weighted by Crippen LogP contribution is 2.48. The Kier molecular flexibility index (Phi) is 4.74. The average Bonchev–Trinajstić information content (AvgIpc) is 2.79. The van der Waals surface area contributed by atoms with Crippen LogP contribution in [0.4, 0.5) is 0 Å². The zero-order valence-electron chi connectivity index (χ0n) is 17.9. The molecule has 0 spiro atoms. The van der Waals surface area contributed by atoms with Gasteiger partial charge in [-0.25, -0.2) is 4.98 Å².